The first-order valence-electron chi connectivity index (χ1n) is 7.86. The number of sulfonamides is 1. The predicted octanol–water partition coefficient (Wildman–Crippen LogP) is 1.93. The predicted molar refractivity (Wildman–Crippen MR) is 89.4 cm³/mol. The van der Waals surface area contributed by atoms with Crippen LogP contribution in [0.4, 0.5) is 0 Å². The zero-order valence-electron chi connectivity index (χ0n) is 13.8. The van der Waals surface area contributed by atoms with Crippen LogP contribution in [0.5, 0.6) is 0 Å². The van der Waals surface area contributed by atoms with Gasteiger partial charge in [0.05, 0.1) is 16.5 Å². The van der Waals surface area contributed by atoms with Crippen LogP contribution in [-0.4, -0.2) is 49.2 Å². The number of nitrogens with zero attached hydrogens (tertiary/aromatic N) is 2. The van der Waals surface area contributed by atoms with Crippen LogP contribution in [0.15, 0.2) is 34.3 Å². The number of benzene rings is 1. The molecule has 0 amide bonds. The summed E-state index contributed by atoms with van der Waals surface area (Å²) in [5.41, 5.74) is 1.45. The fourth-order valence-corrected chi connectivity index (χ4v) is 4.04. The summed E-state index contributed by atoms with van der Waals surface area (Å²) in [7, 11) is -3.60. The van der Waals surface area contributed by atoms with Crippen molar-refractivity contribution in [3.63, 3.8) is 0 Å². The molecule has 24 heavy (non-hydrogen) atoms. The molecule has 1 heterocycles. The first-order valence-corrected chi connectivity index (χ1v) is 9.30. The lowest BCUT2D eigenvalue weighted by Crippen LogP contribution is -2.40. The molecule has 0 aromatic heterocycles. The SMILES string of the molecule is CCO/N=C(\C)c1ccc(S(=O)(=O)N2CCC(C(=O)O)CC2)cc1. The van der Waals surface area contributed by atoms with Crippen LogP contribution in [-0.2, 0) is 19.7 Å². The van der Waals surface area contributed by atoms with Gasteiger partial charge in [-0.2, -0.15) is 4.31 Å². The van der Waals surface area contributed by atoms with Gasteiger partial charge in [-0.05, 0) is 44.4 Å². The van der Waals surface area contributed by atoms with Gasteiger partial charge < -0.3 is 9.94 Å². The highest BCUT2D eigenvalue weighted by Gasteiger charge is 2.31. The van der Waals surface area contributed by atoms with Crippen molar-refractivity contribution in [1.82, 2.24) is 4.31 Å². The zero-order chi connectivity index (χ0) is 17.7. The van der Waals surface area contributed by atoms with Crippen molar-refractivity contribution in [2.45, 2.75) is 31.6 Å². The molecule has 132 valence electrons. The molecular formula is C16H22N2O5S. The van der Waals surface area contributed by atoms with Crippen molar-refractivity contribution >= 4 is 21.7 Å². The van der Waals surface area contributed by atoms with Gasteiger partial charge in [-0.1, -0.05) is 17.3 Å². The molecule has 0 aliphatic carbocycles. The second-order valence-corrected chi connectivity index (χ2v) is 7.57. The average molecular weight is 354 g/mol. The van der Waals surface area contributed by atoms with E-state index >= 15 is 0 Å². The first-order chi connectivity index (χ1) is 11.4. The third-order valence-electron chi connectivity index (χ3n) is 4.04. The maximum atomic E-state index is 12.6. The van der Waals surface area contributed by atoms with E-state index in [9.17, 15) is 13.2 Å². The second kappa shape index (κ2) is 7.76. The molecule has 0 atom stereocenters. The van der Waals surface area contributed by atoms with Crippen LogP contribution < -0.4 is 0 Å². The van der Waals surface area contributed by atoms with E-state index in [1.807, 2.05) is 6.92 Å². The van der Waals surface area contributed by atoms with E-state index in [2.05, 4.69) is 5.16 Å². The molecule has 1 aromatic rings. The van der Waals surface area contributed by atoms with Crippen LogP contribution in [0, 0.1) is 5.92 Å². The number of aliphatic carboxylic acids is 1. The third-order valence-corrected chi connectivity index (χ3v) is 5.96. The van der Waals surface area contributed by atoms with Crippen LogP contribution in [0.1, 0.15) is 32.3 Å². The molecule has 2 rings (SSSR count). The first kappa shape index (κ1) is 18.4. The number of hydrogen-bond acceptors (Lipinski definition) is 5. The van der Waals surface area contributed by atoms with Gasteiger partial charge in [-0.25, -0.2) is 8.42 Å². The highest BCUT2D eigenvalue weighted by Crippen LogP contribution is 2.24. The lowest BCUT2D eigenvalue weighted by Gasteiger charge is -2.29. The molecule has 1 aliphatic heterocycles. The van der Waals surface area contributed by atoms with Crippen molar-refractivity contribution < 1.29 is 23.2 Å². The van der Waals surface area contributed by atoms with Crippen LogP contribution in [0.25, 0.3) is 0 Å². The smallest absolute Gasteiger partial charge is 0.306 e. The van der Waals surface area contributed by atoms with Crippen LogP contribution in [0.3, 0.4) is 0 Å². The summed E-state index contributed by atoms with van der Waals surface area (Å²) in [6.45, 7) is 4.55. The Hall–Kier alpha value is -1.93. The van der Waals surface area contributed by atoms with Crippen molar-refractivity contribution in [2.24, 2.45) is 11.1 Å². The van der Waals surface area contributed by atoms with Gasteiger partial charge in [0, 0.05) is 13.1 Å². The molecule has 1 N–H and O–H groups in total. The molecule has 0 radical (unpaired) electrons. The van der Waals surface area contributed by atoms with Gasteiger partial charge in [0.1, 0.15) is 6.61 Å². The number of rotatable bonds is 6. The molecule has 0 spiro atoms. The topological polar surface area (TPSA) is 96.3 Å². The average Bonchev–Trinajstić information content (AvgIpc) is 2.59. The van der Waals surface area contributed by atoms with E-state index in [4.69, 9.17) is 9.94 Å². The van der Waals surface area contributed by atoms with Gasteiger partial charge in [-0.15, -0.1) is 0 Å². The number of carbonyl (C=O) groups is 1. The van der Waals surface area contributed by atoms with Crippen molar-refractivity contribution in [3.05, 3.63) is 29.8 Å². The summed E-state index contributed by atoms with van der Waals surface area (Å²) in [5.74, 6) is -1.32. The molecular weight excluding hydrogens is 332 g/mol. The second-order valence-electron chi connectivity index (χ2n) is 5.64. The minimum atomic E-state index is -3.60. The monoisotopic (exact) mass is 354 g/mol. The number of piperidine rings is 1. The van der Waals surface area contributed by atoms with Crippen LogP contribution >= 0.6 is 0 Å². The van der Waals surface area contributed by atoms with Gasteiger partial charge in [-0.3, -0.25) is 4.79 Å². The third kappa shape index (κ3) is 4.12. The Labute approximate surface area is 142 Å². The Morgan fingerprint density at radius 1 is 1.29 bits per heavy atom. The summed E-state index contributed by atoms with van der Waals surface area (Å²) in [4.78, 5) is 16.2. The Balaban J connectivity index is 2.11. The summed E-state index contributed by atoms with van der Waals surface area (Å²) in [6, 6.07) is 6.46. The highest BCUT2D eigenvalue weighted by molar-refractivity contribution is 7.89. The number of carboxylic acids is 1. The van der Waals surface area contributed by atoms with E-state index in [-0.39, 0.29) is 18.0 Å². The molecule has 8 heteroatoms. The maximum absolute atomic E-state index is 12.6. The number of hydrogen-bond donors (Lipinski definition) is 1. The Morgan fingerprint density at radius 2 is 1.88 bits per heavy atom. The molecule has 1 saturated heterocycles. The van der Waals surface area contributed by atoms with Gasteiger partial charge in [0.25, 0.3) is 0 Å². The van der Waals surface area contributed by atoms with Crippen LogP contribution in [0.2, 0.25) is 0 Å². The van der Waals surface area contributed by atoms with E-state index in [0.717, 1.165) is 5.56 Å². The number of oxime groups is 1. The van der Waals surface area contributed by atoms with E-state index in [1.165, 1.54) is 4.31 Å². The Morgan fingerprint density at radius 3 is 2.38 bits per heavy atom. The molecule has 1 aromatic carbocycles. The van der Waals surface area contributed by atoms with E-state index < -0.39 is 21.9 Å². The summed E-state index contributed by atoms with van der Waals surface area (Å²) >= 11 is 0. The van der Waals surface area contributed by atoms with E-state index in [1.54, 1.807) is 31.2 Å². The molecule has 1 fully saturated rings. The molecule has 1 aliphatic rings. The quantitative estimate of drug-likeness (QED) is 0.622. The lowest BCUT2D eigenvalue weighted by molar-refractivity contribution is -0.142. The molecule has 0 saturated carbocycles. The van der Waals surface area contributed by atoms with Crippen molar-refractivity contribution in [3.8, 4) is 0 Å². The standard InChI is InChI=1S/C16H22N2O5S/c1-3-23-17-12(2)13-4-6-15(7-5-13)24(21,22)18-10-8-14(9-11-18)16(19)20/h4-7,14H,3,8-11H2,1-2H3,(H,19,20)/b17-12+. The fourth-order valence-electron chi connectivity index (χ4n) is 2.57. The minimum absolute atomic E-state index is 0.198. The fraction of sp³-hybridized carbons (Fsp3) is 0.500. The largest absolute Gasteiger partial charge is 0.481 e. The zero-order valence-corrected chi connectivity index (χ0v) is 14.6. The summed E-state index contributed by atoms with van der Waals surface area (Å²) in [5, 5.41) is 12.9. The van der Waals surface area contributed by atoms with E-state index in [0.29, 0.717) is 25.2 Å². The van der Waals surface area contributed by atoms with Gasteiger partial charge >= 0.3 is 5.97 Å². The maximum Gasteiger partial charge on any atom is 0.306 e. The van der Waals surface area contributed by atoms with Gasteiger partial charge in [0.15, 0.2) is 0 Å². The summed E-state index contributed by atoms with van der Waals surface area (Å²) < 4.78 is 26.6. The lowest BCUT2D eigenvalue weighted by atomic mass is 9.99. The minimum Gasteiger partial charge on any atom is -0.481 e. The molecule has 7 nitrogen and oxygen atoms in total. The van der Waals surface area contributed by atoms with Gasteiger partial charge in [0.2, 0.25) is 10.0 Å². The Kier molecular flexibility index (Phi) is 5.95. The number of carboxylic acid groups (broad SMARTS) is 1. The molecule has 0 unspecified atom stereocenters. The normalized spacial score (nSPS) is 17.7. The van der Waals surface area contributed by atoms with Crippen molar-refractivity contribution in [1.29, 1.82) is 0 Å². The highest BCUT2D eigenvalue weighted by atomic mass is 32.2. The Bertz CT molecular complexity index is 704. The molecule has 0 bridgehead atoms. The summed E-state index contributed by atoms with van der Waals surface area (Å²) in [6.07, 6.45) is 0.680. The van der Waals surface area contributed by atoms with Crippen molar-refractivity contribution in [2.75, 3.05) is 19.7 Å².